The van der Waals surface area contributed by atoms with Crippen molar-refractivity contribution < 1.29 is 0 Å². The highest BCUT2D eigenvalue weighted by Gasteiger charge is 2.34. The smallest absolute Gasteiger partial charge is 0.00414 e. The second kappa shape index (κ2) is 1.48. The van der Waals surface area contributed by atoms with Crippen LogP contribution >= 0.6 is 0 Å². The van der Waals surface area contributed by atoms with Gasteiger partial charge in [0.15, 0.2) is 0 Å². The van der Waals surface area contributed by atoms with Crippen molar-refractivity contribution in [1.29, 1.82) is 0 Å². The van der Waals surface area contributed by atoms with E-state index in [1.807, 2.05) is 0 Å². The van der Waals surface area contributed by atoms with Crippen LogP contribution < -0.4 is 5.73 Å². The Morgan fingerprint density at radius 3 is 2.14 bits per heavy atom. The van der Waals surface area contributed by atoms with Gasteiger partial charge in [-0.1, -0.05) is 6.92 Å². The molecular formula is C6H13N. The molecule has 2 unspecified atom stereocenters. The van der Waals surface area contributed by atoms with Crippen LogP contribution in [0.1, 0.15) is 20.3 Å². The predicted molar refractivity (Wildman–Crippen MR) is 30.9 cm³/mol. The molecule has 3 atom stereocenters. The molecule has 1 aliphatic carbocycles. The lowest BCUT2D eigenvalue weighted by atomic mass is 10.2. The third kappa shape index (κ3) is 0.942. The molecule has 1 saturated carbocycles. The minimum absolute atomic E-state index is 0.440. The topological polar surface area (TPSA) is 26.0 Å². The van der Waals surface area contributed by atoms with Gasteiger partial charge < -0.3 is 5.73 Å². The Labute approximate surface area is 44.9 Å². The highest BCUT2D eigenvalue weighted by Crippen LogP contribution is 2.39. The Bertz CT molecular complexity index is 68.6. The SMILES string of the molecule is CC(N)[C@H]1CC1C. The molecule has 0 aromatic carbocycles. The van der Waals surface area contributed by atoms with Crippen LogP contribution in [0.15, 0.2) is 0 Å². The van der Waals surface area contributed by atoms with Crippen molar-refractivity contribution in [2.75, 3.05) is 0 Å². The van der Waals surface area contributed by atoms with E-state index in [9.17, 15) is 0 Å². The molecule has 1 heteroatoms. The Hall–Kier alpha value is -0.0400. The van der Waals surface area contributed by atoms with Gasteiger partial charge in [-0.05, 0) is 25.2 Å². The summed E-state index contributed by atoms with van der Waals surface area (Å²) in [4.78, 5) is 0. The maximum atomic E-state index is 5.59. The Balaban J connectivity index is 2.20. The molecule has 0 amide bonds. The van der Waals surface area contributed by atoms with E-state index in [4.69, 9.17) is 5.73 Å². The monoisotopic (exact) mass is 99.1 g/mol. The van der Waals surface area contributed by atoms with E-state index < -0.39 is 0 Å². The normalized spacial score (nSPS) is 43.3. The lowest BCUT2D eigenvalue weighted by Crippen LogP contribution is -2.17. The third-order valence-electron chi connectivity index (χ3n) is 1.85. The van der Waals surface area contributed by atoms with Crippen LogP contribution in [0.5, 0.6) is 0 Å². The number of hydrogen-bond donors (Lipinski definition) is 1. The van der Waals surface area contributed by atoms with Gasteiger partial charge in [0.05, 0.1) is 0 Å². The summed E-state index contributed by atoms with van der Waals surface area (Å²) >= 11 is 0. The van der Waals surface area contributed by atoms with Crippen molar-refractivity contribution in [2.24, 2.45) is 17.6 Å². The summed E-state index contributed by atoms with van der Waals surface area (Å²) in [5.74, 6) is 1.76. The summed E-state index contributed by atoms with van der Waals surface area (Å²) in [5.41, 5.74) is 5.59. The van der Waals surface area contributed by atoms with Crippen molar-refractivity contribution in [3.05, 3.63) is 0 Å². The van der Waals surface area contributed by atoms with Gasteiger partial charge in [-0.15, -0.1) is 0 Å². The van der Waals surface area contributed by atoms with Crippen LogP contribution in [0.4, 0.5) is 0 Å². The van der Waals surface area contributed by atoms with Gasteiger partial charge in [0.25, 0.3) is 0 Å². The van der Waals surface area contributed by atoms with Gasteiger partial charge in [0, 0.05) is 6.04 Å². The summed E-state index contributed by atoms with van der Waals surface area (Å²) in [6, 6.07) is 0.440. The van der Waals surface area contributed by atoms with Gasteiger partial charge in [0.2, 0.25) is 0 Å². The third-order valence-corrected chi connectivity index (χ3v) is 1.85. The van der Waals surface area contributed by atoms with Crippen LogP contribution in [0.25, 0.3) is 0 Å². The van der Waals surface area contributed by atoms with E-state index in [1.54, 1.807) is 0 Å². The van der Waals surface area contributed by atoms with E-state index in [1.165, 1.54) is 6.42 Å². The first kappa shape index (κ1) is 5.10. The first-order valence-corrected chi connectivity index (χ1v) is 2.97. The summed E-state index contributed by atoms with van der Waals surface area (Å²) in [6.07, 6.45) is 1.36. The molecule has 0 saturated heterocycles. The van der Waals surface area contributed by atoms with Crippen LogP contribution in [0, 0.1) is 11.8 Å². The highest BCUT2D eigenvalue weighted by molar-refractivity contribution is 4.87. The maximum Gasteiger partial charge on any atom is 0.00414 e. The van der Waals surface area contributed by atoms with Crippen LogP contribution in [-0.2, 0) is 0 Å². The average Bonchev–Trinajstić information content (AvgIpc) is 2.17. The Morgan fingerprint density at radius 1 is 1.71 bits per heavy atom. The van der Waals surface area contributed by atoms with E-state index >= 15 is 0 Å². The lowest BCUT2D eigenvalue weighted by molar-refractivity contribution is 0.608. The summed E-state index contributed by atoms with van der Waals surface area (Å²) < 4.78 is 0. The molecule has 0 aliphatic heterocycles. The van der Waals surface area contributed by atoms with Crippen molar-refractivity contribution in [1.82, 2.24) is 0 Å². The fourth-order valence-electron chi connectivity index (χ4n) is 1.08. The summed E-state index contributed by atoms with van der Waals surface area (Å²) in [6.45, 7) is 4.35. The zero-order chi connectivity index (χ0) is 5.44. The zero-order valence-corrected chi connectivity index (χ0v) is 5.02. The second-order valence-electron chi connectivity index (χ2n) is 2.74. The van der Waals surface area contributed by atoms with Crippen molar-refractivity contribution in [3.63, 3.8) is 0 Å². The molecule has 0 aromatic heterocycles. The molecule has 0 heterocycles. The van der Waals surface area contributed by atoms with E-state index in [-0.39, 0.29) is 0 Å². The van der Waals surface area contributed by atoms with Crippen LogP contribution in [-0.4, -0.2) is 6.04 Å². The minimum Gasteiger partial charge on any atom is -0.328 e. The highest BCUT2D eigenvalue weighted by atomic mass is 14.7. The van der Waals surface area contributed by atoms with Gasteiger partial charge in [-0.25, -0.2) is 0 Å². The molecule has 0 bridgehead atoms. The maximum absolute atomic E-state index is 5.59. The van der Waals surface area contributed by atoms with Crippen molar-refractivity contribution in [2.45, 2.75) is 26.3 Å². The van der Waals surface area contributed by atoms with Gasteiger partial charge in [-0.2, -0.15) is 0 Å². The molecule has 42 valence electrons. The fourth-order valence-corrected chi connectivity index (χ4v) is 1.08. The first-order chi connectivity index (χ1) is 3.22. The lowest BCUT2D eigenvalue weighted by Gasteiger charge is -1.97. The Morgan fingerprint density at radius 2 is 2.14 bits per heavy atom. The average molecular weight is 99.2 g/mol. The fraction of sp³-hybridized carbons (Fsp3) is 1.00. The molecule has 7 heavy (non-hydrogen) atoms. The Kier molecular flexibility index (Phi) is 1.08. The predicted octanol–water partition coefficient (Wildman–Crippen LogP) is 0.990. The minimum atomic E-state index is 0.440. The molecule has 1 rings (SSSR count). The second-order valence-corrected chi connectivity index (χ2v) is 2.74. The van der Waals surface area contributed by atoms with E-state index in [2.05, 4.69) is 13.8 Å². The molecule has 2 N–H and O–H groups in total. The van der Waals surface area contributed by atoms with E-state index in [0.717, 1.165) is 11.8 Å². The van der Waals surface area contributed by atoms with Crippen LogP contribution in [0.3, 0.4) is 0 Å². The summed E-state index contributed by atoms with van der Waals surface area (Å²) in [7, 11) is 0. The first-order valence-electron chi connectivity index (χ1n) is 2.97. The number of nitrogens with two attached hydrogens (primary N) is 1. The molecule has 0 radical (unpaired) electrons. The van der Waals surface area contributed by atoms with Gasteiger partial charge in [-0.3, -0.25) is 0 Å². The molecule has 1 aliphatic rings. The zero-order valence-electron chi connectivity index (χ0n) is 5.02. The van der Waals surface area contributed by atoms with Crippen LogP contribution in [0.2, 0.25) is 0 Å². The summed E-state index contributed by atoms with van der Waals surface area (Å²) in [5, 5.41) is 0. The van der Waals surface area contributed by atoms with Crippen molar-refractivity contribution in [3.8, 4) is 0 Å². The number of hydrogen-bond acceptors (Lipinski definition) is 1. The molecule has 1 nitrogen and oxygen atoms in total. The number of rotatable bonds is 1. The van der Waals surface area contributed by atoms with Gasteiger partial charge in [0.1, 0.15) is 0 Å². The van der Waals surface area contributed by atoms with Gasteiger partial charge >= 0.3 is 0 Å². The molecule has 1 fully saturated rings. The standard InChI is InChI=1S/C6H13N/c1-4-3-6(4)5(2)7/h4-6H,3,7H2,1-2H3/t4?,5?,6-/m0/s1. The van der Waals surface area contributed by atoms with E-state index in [0.29, 0.717) is 6.04 Å². The molecule has 0 spiro atoms. The van der Waals surface area contributed by atoms with Crippen molar-refractivity contribution >= 4 is 0 Å². The molecule has 0 aromatic rings. The largest absolute Gasteiger partial charge is 0.328 e. The quantitative estimate of drug-likeness (QED) is 0.521. The molecular weight excluding hydrogens is 86.1 g/mol.